The molecule has 1 heterocycles. The zero-order chi connectivity index (χ0) is 25.9. The van der Waals surface area contributed by atoms with E-state index in [4.69, 9.17) is 4.74 Å². The molecule has 36 heavy (non-hydrogen) atoms. The Bertz CT molecular complexity index is 1290. The summed E-state index contributed by atoms with van der Waals surface area (Å²) in [4.78, 5) is 15.4. The molecular weight excluding hydrogens is 454 g/mol. The first kappa shape index (κ1) is 25.4. The third-order valence-electron chi connectivity index (χ3n) is 6.65. The number of nitrogens with zero attached hydrogens (tertiary/aromatic N) is 2. The molecule has 0 bridgehead atoms. The first-order chi connectivity index (χ1) is 17.1. The van der Waals surface area contributed by atoms with E-state index < -0.39 is 17.4 Å². The number of benzene rings is 2. The SMILES string of the molecule is CCC(O)(NC(C)(C)CC1Cc2ccccc2C1)Oc1cc(-c2cncc(C(=O)O)c2)ccc1C#N. The zero-order valence-electron chi connectivity index (χ0n) is 20.8. The van der Waals surface area contributed by atoms with Gasteiger partial charge < -0.3 is 14.9 Å². The van der Waals surface area contributed by atoms with Gasteiger partial charge in [-0.15, -0.1) is 0 Å². The van der Waals surface area contributed by atoms with Crippen LogP contribution in [-0.2, 0) is 12.8 Å². The van der Waals surface area contributed by atoms with Crippen molar-refractivity contribution in [3.63, 3.8) is 0 Å². The molecule has 0 radical (unpaired) electrons. The Morgan fingerprint density at radius 3 is 2.44 bits per heavy atom. The molecule has 7 heteroatoms. The molecule has 0 fully saturated rings. The van der Waals surface area contributed by atoms with Crippen molar-refractivity contribution < 1.29 is 19.7 Å². The topological polar surface area (TPSA) is 115 Å². The lowest BCUT2D eigenvalue weighted by molar-refractivity contribution is -0.180. The number of aliphatic hydroxyl groups is 1. The molecule has 2 aromatic carbocycles. The molecule has 1 aliphatic rings. The second-order valence-corrected chi connectivity index (χ2v) is 10.1. The van der Waals surface area contributed by atoms with Crippen LogP contribution in [0.15, 0.2) is 60.9 Å². The van der Waals surface area contributed by atoms with Gasteiger partial charge in [-0.2, -0.15) is 5.26 Å². The van der Waals surface area contributed by atoms with Crippen molar-refractivity contribution in [2.45, 2.75) is 57.9 Å². The minimum Gasteiger partial charge on any atom is -0.478 e. The number of carboxylic acids is 1. The molecule has 0 amide bonds. The number of nitriles is 1. The van der Waals surface area contributed by atoms with Crippen molar-refractivity contribution in [1.29, 1.82) is 5.26 Å². The first-order valence-corrected chi connectivity index (χ1v) is 12.1. The maximum Gasteiger partial charge on any atom is 0.337 e. The molecule has 3 N–H and O–H groups in total. The van der Waals surface area contributed by atoms with Gasteiger partial charge in [-0.3, -0.25) is 10.3 Å². The monoisotopic (exact) mass is 485 g/mol. The van der Waals surface area contributed by atoms with E-state index in [0.29, 0.717) is 17.0 Å². The van der Waals surface area contributed by atoms with Crippen LogP contribution < -0.4 is 10.1 Å². The number of rotatable bonds is 9. The molecule has 7 nitrogen and oxygen atoms in total. The second-order valence-electron chi connectivity index (χ2n) is 10.1. The molecule has 0 aliphatic heterocycles. The number of carbonyl (C=O) groups is 1. The quantitative estimate of drug-likeness (QED) is 0.368. The molecule has 1 atom stereocenters. The van der Waals surface area contributed by atoms with E-state index in [2.05, 4.69) is 40.6 Å². The third-order valence-corrected chi connectivity index (χ3v) is 6.65. The summed E-state index contributed by atoms with van der Waals surface area (Å²) in [6, 6.07) is 17.0. The predicted octanol–water partition coefficient (Wildman–Crippen LogP) is 4.93. The standard InChI is InChI=1S/C29H31N3O4/c1-4-29(35,32-28(2,3)15-19-11-20-7-5-6-8-21(20)12-19)36-26-14-22(9-10-23(26)16-30)24-13-25(27(33)34)18-31-17-24/h5-10,13-14,17-19,32,35H,4,11-12,15H2,1-3H3,(H,33,34). The van der Waals surface area contributed by atoms with Gasteiger partial charge in [0.05, 0.1) is 11.1 Å². The summed E-state index contributed by atoms with van der Waals surface area (Å²) in [5.41, 5.74) is 3.84. The Kier molecular flexibility index (Phi) is 7.11. The third kappa shape index (κ3) is 5.73. The van der Waals surface area contributed by atoms with Crippen molar-refractivity contribution in [2.24, 2.45) is 5.92 Å². The highest BCUT2D eigenvalue weighted by atomic mass is 16.6. The number of ether oxygens (including phenoxy) is 1. The normalized spacial score (nSPS) is 15.1. The van der Waals surface area contributed by atoms with Crippen molar-refractivity contribution in [2.75, 3.05) is 0 Å². The smallest absolute Gasteiger partial charge is 0.337 e. The summed E-state index contributed by atoms with van der Waals surface area (Å²) in [6.45, 7) is 5.90. The molecule has 1 aliphatic carbocycles. The van der Waals surface area contributed by atoms with Gasteiger partial charge in [-0.05, 0) is 73.9 Å². The Labute approximate surface area is 211 Å². The van der Waals surface area contributed by atoms with E-state index in [9.17, 15) is 20.3 Å². The van der Waals surface area contributed by atoms with Gasteiger partial charge in [0.25, 0.3) is 5.91 Å². The lowest BCUT2D eigenvalue weighted by Gasteiger charge is -2.39. The predicted molar refractivity (Wildman–Crippen MR) is 136 cm³/mol. The van der Waals surface area contributed by atoms with E-state index >= 15 is 0 Å². The molecule has 0 saturated carbocycles. The number of pyridine rings is 1. The average molecular weight is 486 g/mol. The number of aromatic carboxylic acids is 1. The lowest BCUT2D eigenvalue weighted by atomic mass is 9.88. The maximum absolute atomic E-state index is 11.4. The second kappa shape index (κ2) is 10.1. The van der Waals surface area contributed by atoms with Gasteiger partial charge in [-0.1, -0.05) is 37.3 Å². The molecule has 1 aromatic heterocycles. The van der Waals surface area contributed by atoms with Crippen LogP contribution in [0.2, 0.25) is 0 Å². The average Bonchev–Trinajstić information content (AvgIpc) is 3.25. The summed E-state index contributed by atoms with van der Waals surface area (Å²) >= 11 is 0. The van der Waals surface area contributed by atoms with Gasteiger partial charge in [0.2, 0.25) is 0 Å². The van der Waals surface area contributed by atoms with Crippen molar-refractivity contribution in [3.8, 4) is 22.9 Å². The van der Waals surface area contributed by atoms with E-state index in [0.717, 1.165) is 19.3 Å². The van der Waals surface area contributed by atoms with Crippen LogP contribution in [0, 0.1) is 17.2 Å². The molecule has 4 rings (SSSR count). The number of nitrogens with one attached hydrogen (secondary N) is 1. The van der Waals surface area contributed by atoms with Crippen LogP contribution >= 0.6 is 0 Å². The number of carboxylic acid groups (broad SMARTS) is 1. The number of hydrogen-bond acceptors (Lipinski definition) is 6. The summed E-state index contributed by atoms with van der Waals surface area (Å²) in [5.74, 6) is -2.12. The fraction of sp³-hybridized carbons (Fsp3) is 0.345. The van der Waals surface area contributed by atoms with Gasteiger partial charge in [0.1, 0.15) is 11.8 Å². The molecule has 1 unspecified atom stereocenters. The minimum absolute atomic E-state index is 0.0573. The van der Waals surface area contributed by atoms with Gasteiger partial charge in [0, 0.05) is 29.9 Å². The molecule has 186 valence electrons. The largest absolute Gasteiger partial charge is 0.478 e. The highest BCUT2D eigenvalue weighted by molar-refractivity contribution is 5.89. The summed E-state index contributed by atoms with van der Waals surface area (Å²) in [7, 11) is 0. The maximum atomic E-state index is 11.4. The van der Waals surface area contributed by atoms with Gasteiger partial charge >= 0.3 is 5.97 Å². The molecule has 0 saturated heterocycles. The van der Waals surface area contributed by atoms with E-state index in [1.54, 1.807) is 24.4 Å². The van der Waals surface area contributed by atoms with Crippen molar-refractivity contribution in [3.05, 3.63) is 83.2 Å². The van der Waals surface area contributed by atoms with E-state index in [-0.39, 0.29) is 23.3 Å². The highest BCUT2D eigenvalue weighted by Gasteiger charge is 2.37. The zero-order valence-corrected chi connectivity index (χ0v) is 20.8. The van der Waals surface area contributed by atoms with Gasteiger partial charge in [0.15, 0.2) is 0 Å². The number of fused-ring (bicyclic) bond motifs is 1. The van der Waals surface area contributed by atoms with Gasteiger partial charge in [-0.25, -0.2) is 4.79 Å². The first-order valence-electron chi connectivity index (χ1n) is 12.1. The minimum atomic E-state index is -1.71. The van der Waals surface area contributed by atoms with E-state index in [1.807, 2.05) is 20.8 Å². The van der Waals surface area contributed by atoms with Crippen molar-refractivity contribution in [1.82, 2.24) is 10.3 Å². The summed E-state index contributed by atoms with van der Waals surface area (Å²) in [5, 5.41) is 33.7. The lowest BCUT2D eigenvalue weighted by Crippen LogP contribution is -2.59. The Balaban J connectivity index is 1.54. The van der Waals surface area contributed by atoms with Crippen LogP contribution in [-0.4, -0.2) is 32.6 Å². The van der Waals surface area contributed by atoms with E-state index in [1.165, 1.54) is 23.4 Å². The highest BCUT2D eigenvalue weighted by Crippen LogP contribution is 2.34. The van der Waals surface area contributed by atoms with Crippen LogP contribution in [0.5, 0.6) is 5.75 Å². The fourth-order valence-corrected chi connectivity index (χ4v) is 5.06. The summed E-state index contributed by atoms with van der Waals surface area (Å²) < 4.78 is 6.06. The molecular formula is C29H31N3O4. The van der Waals surface area contributed by atoms with Crippen LogP contribution in [0.4, 0.5) is 0 Å². The summed E-state index contributed by atoms with van der Waals surface area (Å²) in [6.07, 6.45) is 5.92. The van der Waals surface area contributed by atoms with Crippen LogP contribution in [0.25, 0.3) is 11.1 Å². The Hall–Kier alpha value is -3.73. The molecule has 0 spiro atoms. The van der Waals surface area contributed by atoms with Crippen LogP contribution in [0.3, 0.4) is 0 Å². The molecule has 3 aromatic rings. The number of aromatic nitrogens is 1. The van der Waals surface area contributed by atoms with Crippen molar-refractivity contribution >= 4 is 5.97 Å². The Morgan fingerprint density at radius 2 is 1.83 bits per heavy atom. The van der Waals surface area contributed by atoms with Crippen LogP contribution in [0.1, 0.15) is 60.7 Å². The number of hydrogen-bond donors (Lipinski definition) is 3. The fourth-order valence-electron chi connectivity index (χ4n) is 5.06. The Morgan fingerprint density at radius 1 is 1.14 bits per heavy atom.